The van der Waals surface area contributed by atoms with Gasteiger partial charge in [0.2, 0.25) is 0 Å². The second-order valence-electron chi connectivity index (χ2n) is 8.89. The molecule has 1 aromatic rings. The van der Waals surface area contributed by atoms with Crippen LogP contribution in [0.5, 0.6) is 0 Å². The van der Waals surface area contributed by atoms with Crippen LogP contribution in [0.4, 0.5) is 4.39 Å². The molecule has 1 aromatic carbocycles. The highest BCUT2D eigenvalue weighted by Crippen LogP contribution is 2.48. The van der Waals surface area contributed by atoms with Crippen molar-refractivity contribution in [3.63, 3.8) is 0 Å². The van der Waals surface area contributed by atoms with Crippen LogP contribution in [0, 0.1) is 23.6 Å². The van der Waals surface area contributed by atoms with Crippen LogP contribution in [0.15, 0.2) is 24.8 Å². The average molecular weight is 359 g/mol. The molecule has 2 aliphatic rings. The smallest absolute Gasteiger partial charge is 0.325 e. The van der Waals surface area contributed by atoms with E-state index in [2.05, 4.69) is 11.9 Å². The van der Waals surface area contributed by atoms with Gasteiger partial charge in [-0.3, -0.25) is 4.79 Å². The third-order valence-electron chi connectivity index (χ3n) is 5.95. The molecule has 0 saturated heterocycles. The van der Waals surface area contributed by atoms with E-state index in [1.807, 2.05) is 26.8 Å². The lowest BCUT2D eigenvalue weighted by Crippen LogP contribution is -2.26. The Bertz CT molecular complexity index is 692. The highest BCUT2D eigenvalue weighted by atomic mass is 19.1. The van der Waals surface area contributed by atoms with Gasteiger partial charge in [-0.05, 0) is 60.1 Å². The van der Waals surface area contributed by atoms with Gasteiger partial charge in [0.05, 0.1) is 6.61 Å². The Kier molecular flexibility index (Phi) is 5.40. The molecule has 0 aromatic heterocycles. The normalized spacial score (nSPS) is 24.5. The maximum atomic E-state index is 14.4. The number of hydrogen-bond acceptors (Lipinski definition) is 3. The molecule has 0 amide bonds. The summed E-state index contributed by atoms with van der Waals surface area (Å²) >= 11 is 0. The van der Waals surface area contributed by atoms with E-state index in [4.69, 9.17) is 4.74 Å². The zero-order valence-corrected chi connectivity index (χ0v) is 16.1. The SMILES string of the molecule is C=C(NCC(=O)OCC1CC2CCC1C2)c1ccc(C(C)(C)C)cc1F. The summed E-state index contributed by atoms with van der Waals surface area (Å²) < 4.78 is 19.8. The summed E-state index contributed by atoms with van der Waals surface area (Å²) in [5.41, 5.74) is 1.60. The lowest BCUT2D eigenvalue weighted by Gasteiger charge is -2.21. The van der Waals surface area contributed by atoms with Crippen LogP contribution in [0.1, 0.15) is 57.6 Å². The van der Waals surface area contributed by atoms with E-state index >= 15 is 0 Å². The van der Waals surface area contributed by atoms with Gasteiger partial charge in [0.15, 0.2) is 0 Å². The molecular weight excluding hydrogens is 329 g/mol. The third kappa shape index (κ3) is 4.28. The Morgan fingerprint density at radius 1 is 1.31 bits per heavy atom. The number of hydrogen-bond donors (Lipinski definition) is 1. The Hall–Kier alpha value is -1.84. The largest absolute Gasteiger partial charge is 0.464 e. The minimum Gasteiger partial charge on any atom is -0.464 e. The zero-order chi connectivity index (χ0) is 18.9. The number of esters is 1. The Morgan fingerprint density at radius 2 is 2.08 bits per heavy atom. The van der Waals surface area contributed by atoms with Gasteiger partial charge in [-0.25, -0.2) is 4.39 Å². The molecule has 26 heavy (non-hydrogen) atoms. The monoisotopic (exact) mass is 359 g/mol. The van der Waals surface area contributed by atoms with Gasteiger partial charge < -0.3 is 10.1 Å². The van der Waals surface area contributed by atoms with Crippen LogP contribution in [0.25, 0.3) is 5.70 Å². The number of carbonyl (C=O) groups is 1. The molecule has 2 fully saturated rings. The van der Waals surface area contributed by atoms with Crippen molar-refractivity contribution in [1.82, 2.24) is 5.32 Å². The quantitative estimate of drug-likeness (QED) is 0.751. The standard InChI is InChI=1S/C22H30FNO2/c1-14(19-8-7-18(11-20(19)23)22(2,3)4)24-12-21(25)26-13-17-10-15-5-6-16(17)9-15/h7-8,11,15-17,24H,1,5-6,9-10,12-13H2,2-4H3. The maximum Gasteiger partial charge on any atom is 0.325 e. The van der Waals surface area contributed by atoms with Crippen LogP contribution < -0.4 is 5.32 Å². The second kappa shape index (κ2) is 7.42. The average Bonchev–Trinajstić information content (AvgIpc) is 3.20. The molecule has 2 bridgehead atoms. The molecule has 0 radical (unpaired) electrons. The Labute approximate surface area is 156 Å². The Morgan fingerprint density at radius 3 is 2.65 bits per heavy atom. The maximum absolute atomic E-state index is 14.4. The van der Waals surface area contributed by atoms with Crippen molar-refractivity contribution < 1.29 is 13.9 Å². The summed E-state index contributed by atoms with van der Waals surface area (Å²) in [4.78, 5) is 12.0. The van der Waals surface area contributed by atoms with Gasteiger partial charge in [0.1, 0.15) is 12.4 Å². The fraction of sp³-hybridized carbons (Fsp3) is 0.591. The first kappa shape index (κ1) is 18.9. The van der Waals surface area contributed by atoms with Gasteiger partial charge in [-0.1, -0.05) is 39.8 Å². The van der Waals surface area contributed by atoms with E-state index in [-0.39, 0.29) is 23.7 Å². The van der Waals surface area contributed by atoms with E-state index in [9.17, 15) is 9.18 Å². The number of rotatable bonds is 6. The number of benzene rings is 1. The predicted molar refractivity (Wildman–Crippen MR) is 102 cm³/mol. The number of carbonyl (C=O) groups excluding carboxylic acids is 1. The summed E-state index contributed by atoms with van der Waals surface area (Å²) in [6.07, 6.45) is 5.13. The molecule has 3 rings (SSSR count). The molecule has 0 heterocycles. The van der Waals surface area contributed by atoms with Crippen molar-refractivity contribution in [3.8, 4) is 0 Å². The second-order valence-corrected chi connectivity index (χ2v) is 8.89. The van der Waals surface area contributed by atoms with Gasteiger partial charge in [-0.2, -0.15) is 0 Å². The third-order valence-corrected chi connectivity index (χ3v) is 5.95. The van der Waals surface area contributed by atoms with Gasteiger partial charge in [-0.15, -0.1) is 0 Å². The number of nitrogens with one attached hydrogen (secondary N) is 1. The first-order chi connectivity index (χ1) is 12.2. The summed E-state index contributed by atoms with van der Waals surface area (Å²) in [6, 6.07) is 5.15. The van der Waals surface area contributed by atoms with Gasteiger partial charge >= 0.3 is 5.97 Å². The summed E-state index contributed by atoms with van der Waals surface area (Å²) in [5.74, 6) is 1.49. The van der Waals surface area contributed by atoms with Crippen LogP contribution >= 0.6 is 0 Å². The molecule has 142 valence electrons. The first-order valence-electron chi connectivity index (χ1n) is 9.63. The minimum atomic E-state index is -0.328. The van der Waals surface area contributed by atoms with Crippen molar-refractivity contribution >= 4 is 11.7 Å². The summed E-state index contributed by atoms with van der Waals surface area (Å²) in [5, 5.41) is 2.90. The minimum absolute atomic E-state index is 0.0140. The molecule has 1 N–H and O–H groups in total. The van der Waals surface area contributed by atoms with Crippen LogP contribution in [-0.2, 0) is 14.9 Å². The molecule has 3 nitrogen and oxygen atoms in total. The number of fused-ring (bicyclic) bond motifs is 2. The molecule has 3 atom stereocenters. The van der Waals surface area contributed by atoms with Gasteiger partial charge in [0, 0.05) is 11.3 Å². The van der Waals surface area contributed by atoms with Crippen molar-refractivity contribution in [2.45, 2.75) is 51.9 Å². The van der Waals surface area contributed by atoms with E-state index in [0.29, 0.717) is 23.8 Å². The molecular formula is C22H30FNO2. The van der Waals surface area contributed by atoms with Crippen molar-refractivity contribution in [2.75, 3.05) is 13.2 Å². The molecule has 2 aliphatic carbocycles. The van der Waals surface area contributed by atoms with Crippen LogP contribution in [0.3, 0.4) is 0 Å². The lowest BCUT2D eigenvalue weighted by atomic mass is 9.86. The first-order valence-corrected chi connectivity index (χ1v) is 9.63. The molecule has 0 spiro atoms. The number of ether oxygens (including phenoxy) is 1. The van der Waals surface area contributed by atoms with E-state index in [1.165, 1.54) is 31.7 Å². The topological polar surface area (TPSA) is 38.3 Å². The zero-order valence-electron chi connectivity index (χ0n) is 16.1. The fourth-order valence-electron chi connectivity index (χ4n) is 4.33. The summed E-state index contributed by atoms with van der Waals surface area (Å²) in [6.45, 7) is 10.5. The molecule has 3 unspecified atom stereocenters. The van der Waals surface area contributed by atoms with Crippen molar-refractivity contribution in [1.29, 1.82) is 0 Å². The molecule has 2 saturated carbocycles. The highest BCUT2D eigenvalue weighted by molar-refractivity contribution is 5.75. The molecule has 0 aliphatic heterocycles. The summed E-state index contributed by atoms with van der Waals surface area (Å²) in [7, 11) is 0. The van der Waals surface area contributed by atoms with Crippen molar-refractivity contribution in [3.05, 3.63) is 41.7 Å². The van der Waals surface area contributed by atoms with Gasteiger partial charge in [0.25, 0.3) is 0 Å². The van der Waals surface area contributed by atoms with Crippen LogP contribution in [0.2, 0.25) is 0 Å². The lowest BCUT2D eigenvalue weighted by molar-refractivity contribution is -0.144. The number of halogens is 1. The fourth-order valence-corrected chi connectivity index (χ4v) is 4.33. The van der Waals surface area contributed by atoms with E-state index in [1.54, 1.807) is 6.07 Å². The highest BCUT2D eigenvalue weighted by Gasteiger charge is 2.39. The Balaban J connectivity index is 1.46. The van der Waals surface area contributed by atoms with E-state index < -0.39 is 0 Å². The molecule has 4 heteroatoms. The van der Waals surface area contributed by atoms with E-state index in [0.717, 1.165) is 17.4 Å². The van der Waals surface area contributed by atoms with Crippen LogP contribution in [-0.4, -0.2) is 19.1 Å². The van der Waals surface area contributed by atoms with Crippen molar-refractivity contribution in [2.24, 2.45) is 17.8 Å². The predicted octanol–water partition coefficient (Wildman–Crippen LogP) is 4.66.